The monoisotopic (exact) mass is 387 g/mol. The first-order valence-corrected chi connectivity index (χ1v) is 8.93. The lowest BCUT2D eigenvalue weighted by Crippen LogP contribution is -2.01. The zero-order chi connectivity index (χ0) is 18.4. The van der Waals surface area contributed by atoms with Crippen LogP contribution in [0.3, 0.4) is 0 Å². The van der Waals surface area contributed by atoms with Crippen LogP contribution < -0.4 is 14.8 Å². The number of hydrogen-bond donors (Lipinski definition) is 1. The van der Waals surface area contributed by atoms with Crippen molar-refractivity contribution in [2.45, 2.75) is 13.2 Å². The lowest BCUT2D eigenvalue weighted by molar-refractivity contribution is 0.306. The number of methoxy groups -OCH3 is 1. The van der Waals surface area contributed by atoms with Crippen LogP contribution in [0.25, 0.3) is 0 Å². The molecule has 0 bridgehead atoms. The molecular formula is C21H19Cl2NO2. The van der Waals surface area contributed by atoms with Gasteiger partial charge in [0.25, 0.3) is 0 Å². The number of halogens is 2. The van der Waals surface area contributed by atoms with Gasteiger partial charge in [0, 0.05) is 27.8 Å². The highest BCUT2D eigenvalue weighted by atomic mass is 35.5. The van der Waals surface area contributed by atoms with Gasteiger partial charge in [-0.15, -0.1) is 0 Å². The van der Waals surface area contributed by atoms with Crippen LogP contribution in [0.2, 0.25) is 10.0 Å². The van der Waals surface area contributed by atoms with Crippen molar-refractivity contribution < 1.29 is 9.47 Å². The van der Waals surface area contributed by atoms with Crippen molar-refractivity contribution in [2.24, 2.45) is 0 Å². The minimum Gasteiger partial charge on any atom is -0.497 e. The van der Waals surface area contributed by atoms with Crippen LogP contribution in [-0.2, 0) is 13.2 Å². The molecule has 3 aromatic rings. The third kappa shape index (κ3) is 5.07. The number of ether oxygens (including phenoxy) is 2. The lowest BCUT2D eigenvalue weighted by Gasteiger charge is -2.11. The molecule has 0 aromatic heterocycles. The third-order valence-electron chi connectivity index (χ3n) is 3.89. The normalized spacial score (nSPS) is 10.4. The van der Waals surface area contributed by atoms with Crippen molar-refractivity contribution in [3.63, 3.8) is 0 Å². The molecule has 0 aliphatic heterocycles. The Balaban J connectivity index is 1.58. The van der Waals surface area contributed by atoms with E-state index in [1.165, 1.54) is 0 Å². The van der Waals surface area contributed by atoms with Crippen molar-refractivity contribution in [2.75, 3.05) is 12.4 Å². The fourth-order valence-corrected chi connectivity index (χ4v) is 2.92. The lowest BCUT2D eigenvalue weighted by atomic mass is 10.2. The van der Waals surface area contributed by atoms with Gasteiger partial charge in [-0.25, -0.2) is 0 Å². The molecule has 3 rings (SSSR count). The summed E-state index contributed by atoms with van der Waals surface area (Å²) in [6, 6.07) is 21.2. The van der Waals surface area contributed by atoms with E-state index in [1.54, 1.807) is 19.2 Å². The Morgan fingerprint density at radius 2 is 1.69 bits per heavy atom. The van der Waals surface area contributed by atoms with E-state index in [-0.39, 0.29) is 0 Å². The number of benzene rings is 3. The van der Waals surface area contributed by atoms with Crippen molar-refractivity contribution in [1.29, 1.82) is 0 Å². The molecule has 0 amide bonds. The zero-order valence-electron chi connectivity index (χ0n) is 14.3. The molecule has 0 saturated heterocycles. The third-order valence-corrected chi connectivity index (χ3v) is 4.48. The predicted octanol–water partition coefficient (Wildman–Crippen LogP) is 6.19. The number of nitrogens with one attached hydrogen (secondary N) is 1. The molecule has 0 atom stereocenters. The van der Waals surface area contributed by atoms with E-state index in [4.69, 9.17) is 32.7 Å². The Hall–Kier alpha value is -2.36. The first-order chi connectivity index (χ1) is 12.6. The van der Waals surface area contributed by atoms with E-state index in [2.05, 4.69) is 11.4 Å². The average molecular weight is 388 g/mol. The minimum atomic E-state index is 0.394. The predicted molar refractivity (Wildman–Crippen MR) is 108 cm³/mol. The van der Waals surface area contributed by atoms with E-state index in [1.807, 2.05) is 48.5 Å². The van der Waals surface area contributed by atoms with Gasteiger partial charge in [-0.3, -0.25) is 0 Å². The number of rotatable bonds is 7. The minimum absolute atomic E-state index is 0.394. The Kier molecular flexibility index (Phi) is 6.26. The summed E-state index contributed by atoms with van der Waals surface area (Å²) in [6.45, 7) is 1.09. The molecule has 5 heteroatoms. The van der Waals surface area contributed by atoms with Crippen molar-refractivity contribution in [3.05, 3.63) is 87.9 Å². The van der Waals surface area contributed by atoms with Gasteiger partial charge in [-0.1, -0.05) is 41.4 Å². The van der Waals surface area contributed by atoms with Crippen LogP contribution >= 0.6 is 23.2 Å². The highest BCUT2D eigenvalue weighted by Crippen LogP contribution is 2.23. The van der Waals surface area contributed by atoms with Crippen LogP contribution in [-0.4, -0.2) is 7.11 Å². The topological polar surface area (TPSA) is 30.5 Å². The Morgan fingerprint density at radius 3 is 2.42 bits per heavy atom. The van der Waals surface area contributed by atoms with E-state index < -0.39 is 0 Å². The number of hydrogen-bond acceptors (Lipinski definition) is 3. The van der Waals surface area contributed by atoms with Gasteiger partial charge >= 0.3 is 0 Å². The van der Waals surface area contributed by atoms with Crippen LogP contribution in [0.4, 0.5) is 5.69 Å². The fraction of sp³-hybridized carbons (Fsp3) is 0.143. The summed E-state index contributed by atoms with van der Waals surface area (Å²) in [5, 5.41) is 4.60. The molecule has 1 N–H and O–H groups in total. The zero-order valence-corrected chi connectivity index (χ0v) is 15.8. The second-order valence-corrected chi connectivity index (χ2v) is 6.60. The van der Waals surface area contributed by atoms with Crippen LogP contribution in [0, 0.1) is 0 Å². The Labute approximate surface area is 163 Å². The number of anilines is 1. The molecular weight excluding hydrogens is 369 g/mol. The van der Waals surface area contributed by atoms with E-state index in [0.29, 0.717) is 23.2 Å². The molecule has 0 fully saturated rings. The Bertz CT molecular complexity index is 866. The summed E-state index contributed by atoms with van der Waals surface area (Å²) in [5.41, 5.74) is 3.06. The largest absolute Gasteiger partial charge is 0.497 e. The molecule has 0 unspecified atom stereocenters. The quantitative estimate of drug-likeness (QED) is 0.523. The van der Waals surface area contributed by atoms with E-state index >= 15 is 0 Å². The molecule has 3 nitrogen and oxygen atoms in total. The first-order valence-electron chi connectivity index (χ1n) is 8.17. The van der Waals surface area contributed by atoms with Gasteiger partial charge in [0.2, 0.25) is 0 Å². The van der Waals surface area contributed by atoms with Gasteiger partial charge in [-0.2, -0.15) is 0 Å². The maximum absolute atomic E-state index is 6.18. The standard InChI is InChI=1S/C21H19Cl2NO2/c1-25-19-9-7-18(8-10-19)24-13-15-3-2-4-20(11-15)26-14-16-5-6-17(22)12-21(16)23/h2-12,24H,13-14H2,1H3. The van der Waals surface area contributed by atoms with Crippen LogP contribution in [0.5, 0.6) is 11.5 Å². The van der Waals surface area contributed by atoms with Crippen molar-refractivity contribution in [1.82, 2.24) is 0 Å². The summed E-state index contributed by atoms with van der Waals surface area (Å²) in [5.74, 6) is 1.64. The van der Waals surface area contributed by atoms with Crippen molar-refractivity contribution >= 4 is 28.9 Å². The highest BCUT2D eigenvalue weighted by molar-refractivity contribution is 6.35. The second kappa shape index (κ2) is 8.84. The summed E-state index contributed by atoms with van der Waals surface area (Å²) < 4.78 is 11.0. The Morgan fingerprint density at radius 1 is 0.885 bits per heavy atom. The molecule has 0 saturated carbocycles. The van der Waals surface area contributed by atoms with Gasteiger partial charge in [0.05, 0.1) is 7.11 Å². The van der Waals surface area contributed by atoms with Gasteiger partial charge in [-0.05, 0) is 54.1 Å². The maximum Gasteiger partial charge on any atom is 0.120 e. The maximum atomic E-state index is 6.18. The van der Waals surface area contributed by atoms with Crippen LogP contribution in [0.1, 0.15) is 11.1 Å². The van der Waals surface area contributed by atoms with Crippen LogP contribution in [0.15, 0.2) is 66.7 Å². The fourth-order valence-electron chi connectivity index (χ4n) is 2.46. The van der Waals surface area contributed by atoms with E-state index in [0.717, 1.165) is 28.3 Å². The molecule has 3 aromatic carbocycles. The summed E-state index contributed by atoms with van der Waals surface area (Å²) in [7, 11) is 1.66. The molecule has 134 valence electrons. The molecule has 0 radical (unpaired) electrons. The molecule has 0 aliphatic carbocycles. The molecule has 0 aliphatic rings. The summed E-state index contributed by atoms with van der Waals surface area (Å²) >= 11 is 12.1. The van der Waals surface area contributed by atoms with Gasteiger partial charge in [0.15, 0.2) is 0 Å². The summed E-state index contributed by atoms with van der Waals surface area (Å²) in [6.07, 6.45) is 0. The summed E-state index contributed by atoms with van der Waals surface area (Å²) in [4.78, 5) is 0. The highest BCUT2D eigenvalue weighted by Gasteiger charge is 2.03. The molecule has 0 spiro atoms. The first kappa shape index (κ1) is 18.4. The van der Waals surface area contributed by atoms with Gasteiger partial charge < -0.3 is 14.8 Å². The smallest absolute Gasteiger partial charge is 0.120 e. The van der Waals surface area contributed by atoms with E-state index in [9.17, 15) is 0 Å². The van der Waals surface area contributed by atoms with Gasteiger partial charge in [0.1, 0.15) is 18.1 Å². The SMILES string of the molecule is COc1ccc(NCc2cccc(OCc3ccc(Cl)cc3Cl)c2)cc1. The van der Waals surface area contributed by atoms with Crippen molar-refractivity contribution in [3.8, 4) is 11.5 Å². The second-order valence-electron chi connectivity index (χ2n) is 5.75. The molecule has 0 heterocycles. The molecule has 26 heavy (non-hydrogen) atoms. The average Bonchev–Trinajstić information content (AvgIpc) is 2.66.